The molecule has 3 heterocycles. The second-order valence-electron chi connectivity index (χ2n) is 11.1. The Bertz CT molecular complexity index is 1190. The van der Waals surface area contributed by atoms with Gasteiger partial charge in [-0.1, -0.05) is 32.0 Å². The van der Waals surface area contributed by atoms with E-state index < -0.39 is 0 Å². The van der Waals surface area contributed by atoms with Crippen molar-refractivity contribution in [3.8, 4) is 0 Å². The highest BCUT2D eigenvalue weighted by Crippen LogP contribution is 2.45. The first-order valence-corrected chi connectivity index (χ1v) is 13.4. The number of piperidine rings is 1. The minimum absolute atomic E-state index is 0.0359. The van der Waals surface area contributed by atoms with Crippen LogP contribution < -0.4 is 0 Å². The first-order valence-electron chi connectivity index (χ1n) is 13.4. The number of carbonyl (C=O) groups excluding carboxylic acids is 1. The molecule has 0 N–H and O–H groups in total. The molecular formula is C30H40N4O. The topological polar surface area (TPSA) is 41.4 Å². The van der Waals surface area contributed by atoms with Crippen LogP contribution in [0.2, 0.25) is 0 Å². The van der Waals surface area contributed by atoms with Gasteiger partial charge in [0, 0.05) is 67.6 Å². The van der Waals surface area contributed by atoms with E-state index in [0.29, 0.717) is 23.8 Å². The predicted molar refractivity (Wildman–Crippen MR) is 143 cm³/mol. The van der Waals surface area contributed by atoms with E-state index in [2.05, 4.69) is 72.7 Å². The molecule has 5 nitrogen and oxygen atoms in total. The molecule has 5 rings (SSSR count). The van der Waals surface area contributed by atoms with Gasteiger partial charge in [0.2, 0.25) is 5.91 Å². The number of hydrogen-bond acceptors (Lipinski definition) is 3. The minimum atomic E-state index is 0.0359. The highest BCUT2D eigenvalue weighted by atomic mass is 16.2. The number of nitrogens with zero attached hydrogens (tertiary/aromatic N) is 4. The quantitative estimate of drug-likeness (QED) is 0.479. The number of aromatic nitrogens is 2. The van der Waals surface area contributed by atoms with Crippen molar-refractivity contribution in [3.05, 3.63) is 65.6 Å². The van der Waals surface area contributed by atoms with Gasteiger partial charge in [0.1, 0.15) is 0 Å². The normalized spacial score (nSPS) is 23.6. The number of carbonyl (C=O) groups is 1. The highest BCUT2D eigenvalue weighted by Gasteiger charge is 2.42. The van der Waals surface area contributed by atoms with Gasteiger partial charge < -0.3 is 14.4 Å². The van der Waals surface area contributed by atoms with Gasteiger partial charge in [0.05, 0.1) is 5.92 Å². The van der Waals surface area contributed by atoms with Crippen LogP contribution in [0.15, 0.2) is 48.9 Å². The van der Waals surface area contributed by atoms with Crippen molar-refractivity contribution in [2.45, 2.75) is 71.0 Å². The molecule has 1 fully saturated rings. The Labute approximate surface area is 210 Å². The van der Waals surface area contributed by atoms with Crippen molar-refractivity contribution in [1.29, 1.82) is 0 Å². The molecule has 2 unspecified atom stereocenters. The van der Waals surface area contributed by atoms with Gasteiger partial charge in [-0.05, 0) is 74.4 Å². The summed E-state index contributed by atoms with van der Waals surface area (Å²) >= 11 is 0. The van der Waals surface area contributed by atoms with Crippen LogP contribution in [0.4, 0.5) is 0 Å². The van der Waals surface area contributed by atoms with Gasteiger partial charge in [-0.15, -0.1) is 0 Å². The lowest BCUT2D eigenvalue weighted by molar-refractivity contribution is -0.139. The molecule has 0 spiro atoms. The third-order valence-electron chi connectivity index (χ3n) is 8.80. The maximum Gasteiger partial charge on any atom is 0.226 e. The maximum absolute atomic E-state index is 13.8. The average Bonchev–Trinajstić information content (AvgIpc) is 3.22. The van der Waals surface area contributed by atoms with E-state index in [4.69, 9.17) is 0 Å². The predicted octanol–water partition coefficient (Wildman–Crippen LogP) is 5.13. The smallest absolute Gasteiger partial charge is 0.226 e. The number of likely N-dealkylation sites (N-methyl/N-ethyl adjacent to an activating group) is 1. The van der Waals surface area contributed by atoms with Crippen LogP contribution in [0.1, 0.15) is 56.2 Å². The van der Waals surface area contributed by atoms with E-state index >= 15 is 0 Å². The molecule has 0 bridgehead atoms. The third-order valence-corrected chi connectivity index (χ3v) is 8.80. The maximum atomic E-state index is 13.8. The molecule has 5 heteroatoms. The Morgan fingerprint density at radius 1 is 1.23 bits per heavy atom. The molecule has 35 heavy (non-hydrogen) atoms. The fraction of sp³-hybridized carbons (Fsp3) is 0.533. The summed E-state index contributed by atoms with van der Waals surface area (Å²) in [6, 6.07) is 11.6. The zero-order valence-corrected chi connectivity index (χ0v) is 21.9. The van der Waals surface area contributed by atoms with Crippen molar-refractivity contribution in [2.24, 2.45) is 11.8 Å². The minimum Gasteiger partial charge on any atom is -0.347 e. The van der Waals surface area contributed by atoms with Gasteiger partial charge in [-0.3, -0.25) is 9.78 Å². The molecule has 5 atom stereocenters. The standard InChI is InChI=1S/C30H40N4O/c1-6-13-34-19-23-16-28-26(25-10-7-11-27(34)29(23)25)15-24(18-32(28)4)30(35)33(5)21(3)20(2)14-22-9-8-12-31-17-22/h7-12,17,19-21,24,26,28H,6,13-16,18H2,1-5H3/t20?,21?,24-,26-,28-/m1/s1. The second-order valence-corrected chi connectivity index (χ2v) is 11.1. The van der Waals surface area contributed by atoms with Crippen LogP contribution in [0.5, 0.6) is 0 Å². The fourth-order valence-corrected chi connectivity index (χ4v) is 6.66. The zero-order valence-electron chi connectivity index (χ0n) is 21.9. The van der Waals surface area contributed by atoms with Crippen molar-refractivity contribution in [2.75, 3.05) is 20.6 Å². The first-order chi connectivity index (χ1) is 16.9. The van der Waals surface area contributed by atoms with Gasteiger partial charge in [0.15, 0.2) is 0 Å². The van der Waals surface area contributed by atoms with E-state index in [1.807, 2.05) is 30.4 Å². The number of pyridine rings is 1. The Morgan fingerprint density at radius 2 is 2.06 bits per heavy atom. The van der Waals surface area contributed by atoms with Crippen LogP contribution in [0, 0.1) is 11.8 Å². The second kappa shape index (κ2) is 9.77. The zero-order chi connectivity index (χ0) is 24.7. The van der Waals surface area contributed by atoms with E-state index in [1.54, 1.807) is 0 Å². The van der Waals surface area contributed by atoms with Crippen molar-refractivity contribution in [1.82, 2.24) is 19.4 Å². The van der Waals surface area contributed by atoms with E-state index in [9.17, 15) is 4.79 Å². The molecule has 0 saturated carbocycles. The number of hydrogen-bond donors (Lipinski definition) is 0. The first kappa shape index (κ1) is 24.1. The molecule has 1 amide bonds. The van der Waals surface area contributed by atoms with Crippen molar-refractivity contribution >= 4 is 16.8 Å². The van der Waals surface area contributed by atoms with Crippen LogP contribution in [-0.4, -0.2) is 58.0 Å². The number of benzene rings is 1. The molecule has 186 valence electrons. The Hall–Kier alpha value is -2.66. The molecule has 0 radical (unpaired) electrons. The lowest BCUT2D eigenvalue weighted by Gasteiger charge is -2.46. The molecule has 1 aliphatic carbocycles. The molecule has 1 saturated heterocycles. The molecule has 3 aromatic rings. The lowest BCUT2D eigenvalue weighted by atomic mass is 9.72. The van der Waals surface area contributed by atoms with Crippen LogP contribution >= 0.6 is 0 Å². The summed E-state index contributed by atoms with van der Waals surface area (Å²) in [5.41, 5.74) is 5.53. The van der Waals surface area contributed by atoms with Crippen LogP contribution in [-0.2, 0) is 24.2 Å². The summed E-state index contributed by atoms with van der Waals surface area (Å²) in [4.78, 5) is 22.5. The number of amides is 1. The van der Waals surface area contributed by atoms with E-state index in [1.165, 1.54) is 27.6 Å². The van der Waals surface area contributed by atoms with Gasteiger partial charge in [0.25, 0.3) is 0 Å². The summed E-state index contributed by atoms with van der Waals surface area (Å²) in [5.74, 6) is 1.11. The monoisotopic (exact) mass is 472 g/mol. The van der Waals surface area contributed by atoms with Crippen LogP contribution in [0.25, 0.3) is 10.9 Å². The SMILES string of the molecule is CCCn1cc2c3c(cccc31)[C@H]1C[C@@H](C(=O)N(C)C(C)C(C)Cc3cccnc3)CN(C)[C@@H]1C2. The molecule has 1 aromatic carbocycles. The largest absolute Gasteiger partial charge is 0.347 e. The number of rotatable bonds is 7. The van der Waals surface area contributed by atoms with E-state index in [-0.39, 0.29) is 12.0 Å². The van der Waals surface area contributed by atoms with Gasteiger partial charge in [-0.2, -0.15) is 0 Å². The summed E-state index contributed by atoms with van der Waals surface area (Å²) < 4.78 is 2.44. The Kier molecular flexibility index (Phi) is 6.71. The van der Waals surface area contributed by atoms with Crippen LogP contribution in [0.3, 0.4) is 0 Å². The molecular weight excluding hydrogens is 432 g/mol. The summed E-state index contributed by atoms with van der Waals surface area (Å²) in [7, 11) is 4.23. The number of likely N-dealkylation sites (tertiary alicyclic amines) is 1. The van der Waals surface area contributed by atoms with Crippen molar-refractivity contribution < 1.29 is 4.79 Å². The van der Waals surface area contributed by atoms with Crippen molar-refractivity contribution in [3.63, 3.8) is 0 Å². The lowest BCUT2D eigenvalue weighted by Crippen LogP contribution is -2.53. The number of fused-ring (bicyclic) bond motifs is 2. The average molecular weight is 473 g/mol. The molecule has 2 aromatic heterocycles. The highest BCUT2D eigenvalue weighted by molar-refractivity contribution is 5.89. The molecule has 1 aliphatic heterocycles. The Morgan fingerprint density at radius 3 is 2.80 bits per heavy atom. The number of aryl methyl sites for hydroxylation is 1. The van der Waals surface area contributed by atoms with Gasteiger partial charge in [-0.25, -0.2) is 0 Å². The summed E-state index contributed by atoms with van der Waals surface area (Å²) in [6.45, 7) is 8.59. The summed E-state index contributed by atoms with van der Waals surface area (Å²) in [6.07, 6.45) is 10.2. The third kappa shape index (κ3) is 4.40. The van der Waals surface area contributed by atoms with Gasteiger partial charge >= 0.3 is 0 Å². The van der Waals surface area contributed by atoms with E-state index in [0.717, 1.165) is 38.8 Å². The summed E-state index contributed by atoms with van der Waals surface area (Å²) in [5, 5.41) is 1.45. The molecule has 2 aliphatic rings. The Balaban J connectivity index is 1.35. The fourth-order valence-electron chi connectivity index (χ4n) is 6.66.